The summed E-state index contributed by atoms with van der Waals surface area (Å²) in [7, 11) is 0. The molecule has 142 valence electrons. The number of carboxylic acid groups (broad SMARTS) is 2. The van der Waals surface area contributed by atoms with Gasteiger partial charge in [0, 0.05) is 11.9 Å². The first-order valence-corrected chi connectivity index (χ1v) is 9.48. The van der Waals surface area contributed by atoms with Crippen molar-refractivity contribution in [3.63, 3.8) is 0 Å². The fourth-order valence-electron chi connectivity index (χ4n) is 2.66. The Bertz CT molecular complexity index is 893. The third-order valence-corrected chi connectivity index (χ3v) is 5.91. The van der Waals surface area contributed by atoms with Crippen LogP contribution in [0.3, 0.4) is 0 Å². The van der Waals surface area contributed by atoms with E-state index in [1.54, 1.807) is 0 Å². The molecule has 1 aromatic heterocycles. The van der Waals surface area contributed by atoms with Crippen LogP contribution in [0.4, 0.5) is 5.13 Å². The fraction of sp³-hybridized carbons (Fsp3) is 0.267. The number of aromatic nitrogens is 1. The van der Waals surface area contributed by atoms with Crippen molar-refractivity contribution in [3.8, 4) is 0 Å². The van der Waals surface area contributed by atoms with E-state index in [-0.39, 0.29) is 16.4 Å². The van der Waals surface area contributed by atoms with Gasteiger partial charge < -0.3 is 21.3 Å². The van der Waals surface area contributed by atoms with Crippen molar-refractivity contribution >= 4 is 57.6 Å². The van der Waals surface area contributed by atoms with Gasteiger partial charge in [-0.2, -0.15) is 0 Å². The number of hydrogen-bond acceptors (Lipinski definition) is 8. The summed E-state index contributed by atoms with van der Waals surface area (Å²) in [6.45, 7) is 0. The van der Waals surface area contributed by atoms with Crippen LogP contribution in [0.1, 0.15) is 11.3 Å². The summed E-state index contributed by atoms with van der Waals surface area (Å²) in [5.41, 5.74) is 5.51. The highest BCUT2D eigenvalue weighted by Gasteiger charge is 2.52. The first-order valence-electron chi connectivity index (χ1n) is 7.62. The van der Waals surface area contributed by atoms with E-state index in [9.17, 15) is 19.2 Å². The summed E-state index contributed by atoms with van der Waals surface area (Å²) >= 11 is 2.34. The van der Waals surface area contributed by atoms with E-state index in [1.807, 2.05) is 0 Å². The largest absolute Gasteiger partial charge is 0.481 e. The number of aliphatic carboxylic acids is 2. The van der Waals surface area contributed by atoms with E-state index in [0.717, 1.165) is 16.2 Å². The summed E-state index contributed by atoms with van der Waals surface area (Å²) in [5, 5.41) is 20.3. The lowest BCUT2D eigenvalue weighted by atomic mass is 10.0. The van der Waals surface area contributed by atoms with Gasteiger partial charge in [-0.05, 0) is 6.08 Å². The number of thiazole rings is 1. The number of nitrogen functional groups attached to an aromatic ring is 1. The minimum Gasteiger partial charge on any atom is -0.481 e. The zero-order chi connectivity index (χ0) is 19.7. The number of carboxylic acids is 2. The van der Waals surface area contributed by atoms with Crippen LogP contribution in [0.15, 0.2) is 24.0 Å². The van der Waals surface area contributed by atoms with Crippen LogP contribution < -0.4 is 11.1 Å². The number of anilines is 1. The van der Waals surface area contributed by atoms with Crippen LogP contribution in [0.5, 0.6) is 0 Å². The van der Waals surface area contributed by atoms with Crippen molar-refractivity contribution in [3.05, 3.63) is 28.9 Å². The molecule has 0 aliphatic carbocycles. The molecule has 0 spiro atoms. The Hall–Kier alpha value is -2.86. The smallest absolute Gasteiger partial charge is 0.352 e. The predicted molar refractivity (Wildman–Crippen MR) is 97.5 cm³/mol. The molecule has 1 fully saturated rings. The van der Waals surface area contributed by atoms with Crippen molar-refractivity contribution in [1.29, 1.82) is 0 Å². The molecule has 1 saturated heterocycles. The second-order valence-corrected chi connectivity index (χ2v) is 7.77. The molecule has 2 amide bonds. The first kappa shape index (κ1) is 18.9. The maximum atomic E-state index is 12.7. The number of thioether (sulfide) groups is 1. The van der Waals surface area contributed by atoms with E-state index in [4.69, 9.17) is 15.9 Å². The molecule has 3 heterocycles. The SMILES string of the molecule is Nc1ncc(/C(=[13CH]/[13CH2][13C](=O)O)C(=O)N[C@@H]2C(=O)N3C(C(=O)O)=CCS[C@H]23)s1. The van der Waals surface area contributed by atoms with Crippen molar-refractivity contribution in [2.45, 2.75) is 17.8 Å². The molecule has 2 aliphatic rings. The number of fused-ring (bicyclic) bond motifs is 1. The van der Waals surface area contributed by atoms with Crippen LogP contribution >= 0.6 is 23.1 Å². The van der Waals surface area contributed by atoms with Gasteiger partial charge in [-0.25, -0.2) is 9.78 Å². The molecule has 0 aromatic carbocycles. The van der Waals surface area contributed by atoms with Gasteiger partial charge in [0.1, 0.15) is 17.1 Å². The molecule has 12 heteroatoms. The number of carbonyl (C=O) groups is 4. The van der Waals surface area contributed by atoms with Crippen LogP contribution in [-0.4, -0.2) is 61.0 Å². The molecule has 0 unspecified atom stereocenters. The highest BCUT2D eigenvalue weighted by atomic mass is 32.2. The van der Waals surface area contributed by atoms with Gasteiger partial charge in [-0.3, -0.25) is 19.3 Å². The maximum absolute atomic E-state index is 12.7. The predicted octanol–water partition coefficient (Wildman–Crippen LogP) is -0.0482. The highest BCUT2D eigenvalue weighted by molar-refractivity contribution is 8.00. The van der Waals surface area contributed by atoms with Gasteiger partial charge in [0.05, 0.1) is 16.9 Å². The van der Waals surface area contributed by atoms with Crippen molar-refractivity contribution < 1.29 is 29.4 Å². The second kappa shape index (κ2) is 7.40. The van der Waals surface area contributed by atoms with Crippen LogP contribution in [0.2, 0.25) is 0 Å². The second-order valence-electron chi connectivity index (χ2n) is 5.56. The Kier molecular flexibility index (Phi) is 5.19. The third kappa shape index (κ3) is 3.66. The number of nitrogens with zero attached hydrogens (tertiary/aromatic N) is 2. The molecule has 10 nitrogen and oxygen atoms in total. The average Bonchev–Trinajstić information content (AvgIpc) is 3.04. The van der Waals surface area contributed by atoms with Gasteiger partial charge in [0.2, 0.25) is 0 Å². The van der Waals surface area contributed by atoms with E-state index < -0.39 is 41.6 Å². The number of β-lactam (4-membered cyclic amide) rings is 1. The zero-order valence-corrected chi connectivity index (χ0v) is 15.2. The minimum atomic E-state index is -1.21. The number of hydrogen-bond donors (Lipinski definition) is 4. The zero-order valence-electron chi connectivity index (χ0n) is 13.6. The molecule has 3 rings (SSSR count). The van der Waals surface area contributed by atoms with Crippen molar-refractivity contribution in [2.75, 3.05) is 11.5 Å². The third-order valence-electron chi connectivity index (χ3n) is 3.87. The molecule has 2 atom stereocenters. The van der Waals surface area contributed by atoms with Gasteiger partial charge in [-0.1, -0.05) is 17.4 Å². The van der Waals surface area contributed by atoms with Crippen LogP contribution in [0, 0.1) is 0 Å². The van der Waals surface area contributed by atoms with Gasteiger partial charge in [-0.15, -0.1) is 11.8 Å². The molecule has 5 N–H and O–H groups in total. The average molecular weight is 413 g/mol. The van der Waals surface area contributed by atoms with E-state index in [1.165, 1.54) is 30.1 Å². The van der Waals surface area contributed by atoms with E-state index in [0.29, 0.717) is 10.6 Å². The Balaban J connectivity index is 1.78. The lowest BCUT2D eigenvalue weighted by Crippen LogP contribution is -2.70. The number of rotatable bonds is 6. The molecule has 1 aromatic rings. The lowest BCUT2D eigenvalue weighted by Gasteiger charge is -2.48. The Morgan fingerprint density at radius 3 is 2.74 bits per heavy atom. The molecule has 0 bridgehead atoms. The normalized spacial score (nSPS) is 21.8. The fourth-order valence-corrected chi connectivity index (χ4v) is 4.58. The van der Waals surface area contributed by atoms with Gasteiger partial charge >= 0.3 is 11.9 Å². The highest BCUT2D eigenvalue weighted by Crippen LogP contribution is 2.37. The summed E-state index contributed by atoms with van der Waals surface area (Å²) in [6.07, 6.45) is 3.62. The Morgan fingerprint density at radius 1 is 1.41 bits per heavy atom. The summed E-state index contributed by atoms with van der Waals surface area (Å²) < 4.78 is 0. The monoisotopic (exact) mass is 413 g/mol. The number of nitrogens with two attached hydrogens (primary N) is 1. The number of amides is 2. The Morgan fingerprint density at radius 2 is 2.15 bits per heavy atom. The molecular formula is C15H14N4O6S2. The van der Waals surface area contributed by atoms with Gasteiger partial charge in [0.15, 0.2) is 5.13 Å². The molecular weight excluding hydrogens is 399 g/mol. The molecule has 27 heavy (non-hydrogen) atoms. The van der Waals surface area contributed by atoms with Gasteiger partial charge in [0.25, 0.3) is 11.8 Å². The van der Waals surface area contributed by atoms with Crippen LogP contribution in [0.25, 0.3) is 5.57 Å². The summed E-state index contributed by atoms with van der Waals surface area (Å²) in [6, 6.07) is -0.899. The molecule has 0 radical (unpaired) electrons. The van der Waals surface area contributed by atoms with Crippen molar-refractivity contribution in [1.82, 2.24) is 15.2 Å². The van der Waals surface area contributed by atoms with Crippen LogP contribution in [-0.2, 0) is 19.2 Å². The minimum absolute atomic E-state index is 0.0488. The molecule has 0 saturated carbocycles. The summed E-state index contributed by atoms with van der Waals surface area (Å²) in [5.74, 6) is -3.11. The maximum Gasteiger partial charge on any atom is 0.352 e. The standard InChI is InChI=1S/C15H14N4O6S2/c16-15-17-5-8(27-15)6(1-2-9(20)21)11(22)18-10-12(23)19-7(14(24)25)3-4-26-13(10)19/h1,3,5,10,13H,2,4H2,(H2,16,17)(H,18,22)(H,20,21)(H,24,25)/b6-1-/t10-,13-/m1/s1/i1+1,2+1,9+1. The first-order chi connectivity index (χ1) is 12.8. The topological polar surface area (TPSA) is 163 Å². The molecule has 2 aliphatic heterocycles. The van der Waals surface area contributed by atoms with Crippen molar-refractivity contribution in [2.24, 2.45) is 0 Å². The summed E-state index contributed by atoms with van der Waals surface area (Å²) in [4.78, 5) is 52.4. The quantitative estimate of drug-likeness (QED) is 0.284. The number of nitrogens with one attached hydrogen (secondary N) is 1. The lowest BCUT2D eigenvalue weighted by molar-refractivity contribution is -0.150. The van der Waals surface area contributed by atoms with E-state index >= 15 is 0 Å². The van der Waals surface area contributed by atoms with E-state index in [2.05, 4.69) is 10.3 Å². The number of carbonyl (C=O) groups excluding carboxylic acids is 2. The Labute approximate surface area is 160 Å².